The Morgan fingerprint density at radius 3 is 2.73 bits per heavy atom. The van der Waals surface area contributed by atoms with E-state index < -0.39 is 17.5 Å². The lowest BCUT2D eigenvalue weighted by Gasteiger charge is -2.07. The van der Waals surface area contributed by atoms with Crippen LogP contribution >= 0.6 is 11.3 Å². The highest BCUT2D eigenvalue weighted by Gasteiger charge is 2.26. The summed E-state index contributed by atoms with van der Waals surface area (Å²) in [5, 5.41) is 0.984. The maximum atomic E-state index is 14.4. The molecule has 0 N–H and O–H groups in total. The predicted molar refractivity (Wildman–Crippen MR) is 94.5 cm³/mol. The molecule has 0 saturated heterocycles. The van der Waals surface area contributed by atoms with E-state index >= 15 is 0 Å². The van der Waals surface area contributed by atoms with Crippen LogP contribution in [0.5, 0.6) is 0 Å². The number of benzene rings is 1. The molecule has 0 saturated carbocycles. The third-order valence-corrected chi connectivity index (χ3v) is 5.77. The largest absolute Gasteiger partial charge is 0.327 e. The number of pyridine rings is 1. The molecule has 26 heavy (non-hydrogen) atoms. The fourth-order valence-electron chi connectivity index (χ4n) is 3.47. The Kier molecular flexibility index (Phi) is 3.40. The van der Waals surface area contributed by atoms with Gasteiger partial charge in [-0.15, -0.1) is 11.3 Å². The molecule has 0 amide bonds. The van der Waals surface area contributed by atoms with Gasteiger partial charge in [0, 0.05) is 47.1 Å². The number of imidazole rings is 1. The third kappa shape index (κ3) is 2.27. The lowest BCUT2D eigenvalue weighted by Crippen LogP contribution is -1.96. The molecule has 130 valence electrons. The van der Waals surface area contributed by atoms with Crippen molar-refractivity contribution in [2.45, 2.75) is 19.4 Å². The van der Waals surface area contributed by atoms with Crippen LogP contribution in [0, 0.1) is 17.5 Å². The second kappa shape index (κ2) is 5.67. The maximum Gasteiger partial charge on any atom is 0.161 e. The zero-order chi connectivity index (χ0) is 17.8. The Morgan fingerprint density at radius 2 is 1.88 bits per heavy atom. The summed E-state index contributed by atoms with van der Waals surface area (Å²) in [6, 6.07) is 5.37. The first-order valence-corrected chi connectivity index (χ1v) is 9.02. The molecule has 1 aliphatic heterocycles. The molecule has 0 radical (unpaired) electrons. The third-order valence-electron chi connectivity index (χ3n) is 4.64. The van der Waals surface area contributed by atoms with Gasteiger partial charge in [0.25, 0.3) is 0 Å². The zero-order valence-electron chi connectivity index (χ0n) is 13.5. The van der Waals surface area contributed by atoms with E-state index in [0.29, 0.717) is 11.8 Å². The number of aromatic nitrogens is 3. The van der Waals surface area contributed by atoms with Gasteiger partial charge in [0.05, 0.1) is 10.6 Å². The van der Waals surface area contributed by atoms with E-state index in [-0.39, 0.29) is 5.56 Å². The minimum atomic E-state index is -1.20. The summed E-state index contributed by atoms with van der Waals surface area (Å²) >= 11 is 1.55. The van der Waals surface area contributed by atoms with Crippen LogP contribution in [0.25, 0.3) is 31.9 Å². The Balaban J connectivity index is 1.79. The van der Waals surface area contributed by atoms with Gasteiger partial charge in [0.15, 0.2) is 11.6 Å². The number of rotatable bonds is 2. The van der Waals surface area contributed by atoms with Gasteiger partial charge in [-0.25, -0.2) is 18.2 Å². The fourth-order valence-corrected chi connectivity index (χ4v) is 4.55. The van der Waals surface area contributed by atoms with Gasteiger partial charge in [0.2, 0.25) is 0 Å². The first-order valence-electron chi connectivity index (χ1n) is 8.20. The number of fused-ring (bicyclic) bond motifs is 2. The molecule has 5 rings (SSSR count). The number of hydrogen-bond donors (Lipinski definition) is 0. The van der Waals surface area contributed by atoms with Crippen LogP contribution < -0.4 is 0 Å². The maximum absolute atomic E-state index is 14.4. The van der Waals surface area contributed by atoms with E-state index in [1.165, 1.54) is 0 Å². The van der Waals surface area contributed by atoms with Crippen LogP contribution in [0.4, 0.5) is 13.2 Å². The van der Waals surface area contributed by atoms with Crippen molar-refractivity contribution in [1.29, 1.82) is 0 Å². The monoisotopic (exact) mass is 371 g/mol. The highest BCUT2D eigenvalue weighted by Crippen LogP contribution is 2.41. The van der Waals surface area contributed by atoms with Crippen LogP contribution in [0.1, 0.15) is 12.2 Å². The highest BCUT2D eigenvalue weighted by atomic mass is 32.1. The van der Waals surface area contributed by atoms with Gasteiger partial charge < -0.3 is 4.57 Å². The normalized spacial score (nSPS) is 13.5. The summed E-state index contributed by atoms with van der Waals surface area (Å²) in [6.45, 7) is 0.773. The van der Waals surface area contributed by atoms with E-state index in [1.807, 2.05) is 16.7 Å². The molecule has 4 heterocycles. The van der Waals surface area contributed by atoms with Crippen molar-refractivity contribution in [3.05, 3.63) is 59.9 Å². The second-order valence-corrected chi connectivity index (χ2v) is 7.33. The van der Waals surface area contributed by atoms with Crippen molar-refractivity contribution in [3.8, 4) is 21.8 Å². The summed E-state index contributed by atoms with van der Waals surface area (Å²) in [6.07, 6.45) is 5.24. The zero-order valence-corrected chi connectivity index (χ0v) is 14.3. The molecule has 0 atom stereocenters. The van der Waals surface area contributed by atoms with Gasteiger partial charge >= 0.3 is 0 Å². The van der Waals surface area contributed by atoms with Gasteiger partial charge in [0.1, 0.15) is 17.3 Å². The average Bonchev–Trinajstić information content (AvgIpc) is 3.30. The summed E-state index contributed by atoms with van der Waals surface area (Å²) in [5.74, 6) is -2.26. The molecule has 7 heteroatoms. The molecular formula is C19H12F3N3S. The van der Waals surface area contributed by atoms with Crippen LogP contribution in [0.3, 0.4) is 0 Å². The fraction of sp³-hybridized carbons (Fsp3) is 0.158. The van der Waals surface area contributed by atoms with Crippen molar-refractivity contribution in [3.63, 3.8) is 0 Å². The lowest BCUT2D eigenvalue weighted by molar-refractivity contribution is 0.496. The van der Waals surface area contributed by atoms with E-state index in [0.717, 1.165) is 51.9 Å². The molecule has 0 bridgehead atoms. The van der Waals surface area contributed by atoms with Gasteiger partial charge in [-0.1, -0.05) is 0 Å². The molecule has 1 aliphatic rings. The van der Waals surface area contributed by atoms with Crippen LogP contribution in [0.2, 0.25) is 0 Å². The number of nitrogens with zero attached hydrogens (tertiary/aromatic N) is 3. The number of aryl methyl sites for hydroxylation is 1. The first-order chi connectivity index (χ1) is 12.6. The quantitative estimate of drug-likeness (QED) is 0.454. The Morgan fingerprint density at radius 1 is 1.04 bits per heavy atom. The number of thiophene rings is 1. The van der Waals surface area contributed by atoms with Crippen molar-refractivity contribution < 1.29 is 13.2 Å². The molecule has 0 unspecified atom stereocenters. The summed E-state index contributed by atoms with van der Waals surface area (Å²) in [4.78, 5) is 9.60. The molecule has 0 fully saturated rings. The smallest absolute Gasteiger partial charge is 0.161 e. The minimum absolute atomic E-state index is 0.0172. The molecule has 0 spiro atoms. The van der Waals surface area contributed by atoms with E-state index in [1.54, 1.807) is 23.7 Å². The van der Waals surface area contributed by atoms with E-state index in [4.69, 9.17) is 0 Å². The topological polar surface area (TPSA) is 30.7 Å². The molecule has 1 aromatic carbocycles. The Labute approximate surface area is 150 Å². The van der Waals surface area contributed by atoms with Crippen LogP contribution in [-0.4, -0.2) is 14.5 Å². The van der Waals surface area contributed by atoms with Crippen molar-refractivity contribution in [2.75, 3.05) is 0 Å². The summed E-state index contributed by atoms with van der Waals surface area (Å²) < 4.78 is 44.6. The van der Waals surface area contributed by atoms with Crippen molar-refractivity contribution >= 4 is 21.4 Å². The van der Waals surface area contributed by atoms with Gasteiger partial charge in [-0.05, 0) is 24.6 Å². The second-order valence-electron chi connectivity index (χ2n) is 6.25. The number of hydrogen-bond acceptors (Lipinski definition) is 3. The Bertz CT molecular complexity index is 1130. The average molecular weight is 371 g/mol. The summed E-state index contributed by atoms with van der Waals surface area (Å²) in [7, 11) is 0. The molecule has 0 aliphatic carbocycles. The van der Waals surface area contributed by atoms with Crippen molar-refractivity contribution in [1.82, 2.24) is 14.5 Å². The molecular weight excluding hydrogens is 359 g/mol. The van der Waals surface area contributed by atoms with Crippen LogP contribution in [0.15, 0.2) is 36.7 Å². The molecule has 4 aromatic rings. The predicted octanol–water partition coefficient (Wildman–Crippen LogP) is 5.19. The minimum Gasteiger partial charge on any atom is -0.327 e. The molecule has 3 aromatic heterocycles. The number of halogens is 3. The van der Waals surface area contributed by atoms with Crippen molar-refractivity contribution in [2.24, 2.45) is 0 Å². The van der Waals surface area contributed by atoms with E-state index in [2.05, 4.69) is 9.97 Å². The lowest BCUT2D eigenvalue weighted by atomic mass is 10.1. The van der Waals surface area contributed by atoms with Gasteiger partial charge in [-0.3, -0.25) is 4.98 Å². The molecule has 3 nitrogen and oxygen atoms in total. The first kappa shape index (κ1) is 15.6. The SMILES string of the molecule is Fc1cc(F)c(-c2nc3n(c2-c2cc4cnccc4s2)CCC3)cc1F. The highest BCUT2D eigenvalue weighted by molar-refractivity contribution is 7.22. The summed E-state index contributed by atoms with van der Waals surface area (Å²) in [5.41, 5.74) is 1.09. The van der Waals surface area contributed by atoms with Gasteiger partial charge in [-0.2, -0.15) is 0 Å². The standard InChI is InChI=1S/C19H12F3N3S/c20-12-8-14(22)13(21)7-11(12)18-19(25-5-1-2-17(25)24-18)16-6-10-9-23-4-3-15(10)26-16/h3-4,6-9H,1-2,5H2. The van der Waals surface area contributed by atoms with E-state index in [9.17, 15) is 13.2 Å². The van der Waals surface area contributed by atoms with Crippen LogP contribution in [-0.2, 0) is 13.0 Å². The Hall–Kier alpha value is -2.67.